The van der Waals surface area contributed by atoms with Gasteiger partial charge in [0.05, 0.1) is 0 Å². The first-order chi connectivity index (χ1) is 12.3. The largest absolute Gasteiger partial charge is 0.320 e. The summed E-state index contributed by atoms with van der Waals surface area (Å²) in [7, 11) is 0. The lowest BCUT2D eigenvalue weighted by Gasteiger charge is -2.14. The fourth-order valence-corrected chi connectivity index (χ4v) is 3.53. The van der Waals surface area contributed by atoms with Crippen LogP contribution < -0.4 is 5.32 Å². The van der Waals surface area contributed by atoms with Crippen LogP contribution in [-0.4, -0.2) is 10.9 Å². The van der Waals surface area contributed by atoms with Gasteiger partial charge in [-0.15, -0.1) is 0 Å². The first-order valence-corrected chi connectivity index (χ1v) is 8.20. The molecule has 0 atom stereocenters. The molecule has 0 unspecified atom stereocenters. The molecule has 0 saturated carbocycles. The molecule has 0 spiro atoms. The third kappa shape index (κ3) is 2.13. The average molecular weight is 322 g/mol. The minimum Gasteiger partial charge on any atom is -0.320 e. The van der Waals surface area contributed by atoms with Crippen molar-refractivity contribution in [3.05, 3.63) is 84.7 Å². The Morgan fingerprint density at radius 1 is 0.720 bits per heavy atom. The third-order valence-electron chi connectivity index (χ3n) is 4.67. The van der Waals surface area contributed by atoms with Crippen LogP contribution in [0.25, 0.3) is 32.3 Å². The van der Waals surface area contributed by atoms with Gasteiger partial charge in [-0.1, -0.05) is 54.6 Å². The fraction of sp³-hybridized carbons (Fsp3) is 0. The summed E-state index contributed by atoms with van der Waals surface area (Å²) >= 11 is 0. The minimum atomic E-state index is -0.198. The van der Waals surface area contributed by atoms with Crippen LogP contribution in [0.5, 0.6) is 0 Å². The van der Waals surface area contributed by atoms with E-state index in [1.807, 2.05) is 12.1 Å². The SMILES string of the molecule is O=C(Nc1ccc2ccc3cccc4ccc1c2c34)c1ccccn1. The maximum absolute atomic E-state index is 12.5. The zero-order valence-electron chi connectivity index (χ0n) is 13.4. The number of pyridine rings is 1. The molecule has 1 N–H and O–H groups in total. The van der Waals surface area contributed by atoms with Gasteiger partial charge in [-0.2, -0.15) is 0 Å². The third-order valence-corrected chi connectivity index (χ3v) is 4.67. The molecule has 0 aliphatic heterocycles. The maximum atomic E-state index is 12.5. The number of hydrogen-bond acceptors (Lipinski definition) is 2. The lowest BCUT2D eigenvalue weighted by molar-refractivity contribution is 0.102. The minimum absolute atomic E-state index is 0.198. The molecule has 25 heavy (non-hydrogen) atoms. The standard InChI is InChI=1S/C22H14N2O/c25-22(19-6-1-2-13-23-19)24-18-12-10-16-8-7-14-4-3-5-15-9-11-17(18)21(16)20(14)15/h1-13H,(H,24,25). The van der Waals surface area contributed by atoms with Crippen LogP contribution in [0, 0.1) is 0 Å². The van der Waals surface area contributed by atoms with Gasteiger partial charge in [0, 0.05) is 17.3 Å². The van der Waals surface area contributed by atoms with Crippen LogP contribution in [0.15, 0.2) is 79.0 Å². The lowest BCUT2D eigenvalue weighted by atomic mass is 9.93. The van der Waals surface area contributed by atoms with Crippen LogP contribution in [0.1, 0.15) is 10.5 Å². The summed E-state index contributed by atoms with van der Waals surface area (Å²) in [5.41, 5.74) is 1.22. The highest BCUT2D eigenvalue weighted by Gasteiger charge is 2.13. The highest BCUT2D eigenvalue weighted by Crippen LogP contribution is 2.37. The van der Waals surface area contributed by atoms with E-state index in [9.17, 15) is 4.79 Å². The van der Waals surface area contributed by atoms with Crippen LogP contribution in [0.2, 0.25) is 0 Å². The number of hydrogen-bond donors (Lipinski definition) is 1. The van der Waals surface area contributed by atoms with Crippen molar-refractivity contribution in [1.29, 1.82) is 0 Å². The molecule has 1 amide bonds. The highest BCUT2D eigenvalue weighted by atomic mass is 16.1. The van der Waals surface area contributed by atoms with Crippen LogP contribution in [0.4, 0.5) is 5.69 Å². The fourth-order valence-electron chi connectivity index (χ4n) is 3.53. The second kappa shape index (κ2) is 5.28. The number of anilines is 1. The zero-order valence-corrected chi connectivity index (χ0v) is 13.4. The quantitative estimate of drug-likeness (QED) is 0.452. The topological polar surface area (TPSA) is 42.0 Å². The monoisotopic (exact) mass is 322 g/mol. The predicted molar refractivity (Wildman–Crippen MR) is 102 cm³/mol. The molecule has 118 valence electrons. The number of amides is 1. The first kappa shape index (κ1) is 13.9. The van der Waals surface area contributed by atoms with E-state index in [0.717, 1.165) is 11.1 Å². The van der Waals surface area contributed by atoms with Gasteiger partial charge >= 0.3 is 0 Å². The number of carbonyl (C=O) groups is 1. The van der Waals surface area contributed by atoms with Crippen molar-refractivity contribution in [2.24, 2.45) is 0 Å². The Kier molecular flexibility index (Phi) is 2.94. The molecule has 0 radical (unpaired) electrons. The van der Waals surface area contributed by atoms with E-state index in [0.29, 0.717) is 5.69 Å². The first-order valence-electron chi connectivity index (χ1n) is 8.20. The molecule has 5 rings (SSSR count). The summed E-state index contributed by atoms with van der Waals surface area (Å²) < 4.78 is 0. The van der Waals surface area contributed by atoms with Crippen molar-refractivity contribution in [3.63, 3.8) is 0 Å². The number of nitrogens with zero attached hydrogens (tertiary/aromatic N) is 1. The van der Waals surface area contributed by atoms with Gasteiger partial charge in [0.1, 0.15) is 5.69 Å². The predicted octanol–water partition coefficient (Wildman–Crippen LogP) is 5.23. The Morgan fingerprint density at radius 2 is 1.44 bits per heavy atom. The Bertz CT molecular complexity index is 1210. The Morgan fingerprint density at radius 3 is 2.20 bits per heavy atom. The van der Waals surface area contributed by atoms with Gasteiger partial charge in [0.15, 0.2) is 0 Å². The van der Waals surface area contributed by atoms with Gasteiger partial charge in [0.2, 0.25) is 0 Å². The number of nitrogens with one attached hydrogen (secondary N) is 1. The smallest absolute Gasteiger partial charge is 0.274 e. The van der Waals surface area contributed by atoms with Crippen LogP contribution in [0.3, 0.4) is 0 Å². The number of aromatic nitrogens is 1. The molecular weight excluding hydrogens is 308 g/mol. The Labute approximate surface area is 144 Å². The molecule has 5 aromatic rings. The maximum Gasteiger partial charge on any atom is 0.274 e. The lowest BCUT2D eigenvalue weighted by Crippen LogP contribution is -2.13. The number of carbonyl (C=O) groups excluding carboxylic acids is 1. The second-order valence-corrected chi connectivity index (χ2v) is 6.14. The van der Waals surface area contributed by atoms with Gasteiger partial charge in [-0.3, -0.25) is 9.78 Å². The number of benzene rings is 4. The molecule has 1 aromatic heterocycles. The van der Waals surface area contributed by atoms with E-state index in [1.54, 1.807) is 18.3 Å². The van der Waals surface area contributed by atoms with Crippen molar-refractivity contribution >= 4 is 43.9 Å². The summed E-state index contributed by atoms with van der Waals surface area (Å²) in [5, 5.41) is 10.1. The van der Waals surface area contributed by atoms with Gasteiger partial charge in [-0.05, 0) is 45.1 Å². The molecule has 0 bridgehead atoms. The Balaban J connectivity index is 1.73. The van der Waals surface area contributed by atoms with Gasteiger partial charge in [0.25, 0.3) is 5.91 Å². The molecule has 3 heteroatoms. The molecule has 4 aromatic carbocycles. The summed E-state index contributed by atoms with van der Waals surface area (Å²) in [6, 6.07) is 24.1. The van der Waals surface area contributed by atoms with Crippen molar-refractivity contribution < 1.29 is 4.79 Å². The molecule has 1 heterocycles. The van der Waals surface area contributed by atoms with Crippen LogP contribution >= 0.6 is 0 Å². The zero-order chi connectivity index (χ0) is 16.8. The van der Waals surface area contributed by atoms with E-state index in [2.05, 4.69) is 58.8 Å². The average Bonchev–Trinajstić information content (AvgIpc) is 2.68. The summed E-state index contributed by atoms with van der Waals surface area (Å²) in [5.74, 6) is -0.198. The summed E-state index contributed by atoms with van der Waals surface area (Å²) in [6.07, 6.45) is 1.62. The van der Waals surface area contributed by atoms with Crippen molar-refractivity contribution in [1.82, 2.24) is 4.98 Å². The van der Waals surface area contributed by atoms with E-state index >= 15 is 0 Å². The number of rotatable bonds is 2. The molecule has 0 aliphatic carbocycles. The normalized spacial score (nSPS) is 11.4. The molecular formula is C22H14N2O. The van der Waals surface area contributed by atoms with Crippen molar-refractivity contribution in [3.8, 4) is 0 Å². The van der Waals surface area contributed by atoms with Crippen LogP contribution in [-0.2, 0) is 0 Å². The summed E-state index contributed by atoms with van der Waals surface area (Å²) in [6.45, 7) is 0. The second-order valence-electron chi connectivity index (χ2n) is 6.14. The van der Waals surface area contributed by atoms with E-state index in [4.69, 9.17) is 0 Å². The van der Waals surface area contributed by atoms with Gasteiger partial charge < -0.3 is 5.32 Å². The van der Waals surface area contributed by atoms with Crippen molar-refractivity contribution in [2.75, 3.05) is 5.32 Å². The molecule has 0 saturated heterocycles. The van der Waals surface area contributed by atoms with E-state index in [-0.39, 0.29) is 5.91 Å². The van der Waals surface area contributed by atoms with Crippen molar-refractivity contribution in [2.45, 2.75) is 0 Å². The molecule has 0 fully saturated rings. The van der Waals surface area contributed by atoms with E-state index in [1.165, 1.54) is 26.9 Å². The Hall–Kier alpha value is -3.46. The summed E-state index contributed by atoms with van der Waals surface area (Å²) in [4.78, 5) is 16.6. The van der Waals surface area contributed by atoms with E-state index < -0.39 is 0 Å². The molecule has 3 nitrogen and oxygen atoms in total. The van der Waals surface area contributed by atoms with Gasteiger partial charge in [-0.25, -0.2) is 0 Å². The molecule has 0 aliphatic rings. The highest BCUT2D eigenvalue weighted by molar-refractivity contribution is 6.26.